The molecule has 6 heteroatoms. The minimum Gasteiger partial charge on any atom is -0.387 e. The van der Waals surface area contributed by atoms with Crippen molar-refractivity contribution in [1.29, 1.82) is 0 Å². The summed E-state index contributed by atoms with van der Waals surface area (Å²) in [5, 5.41) is 47.3. The third-order valence-corrected chi connectivity index (χ3v) is 2.94. The molecule has 6 nitrogen and oxygen atoms in total. The van der Waals surface area contributed by atoms with E-state index in [0.717, 1.165) is 0 Å². The van der Waals surface area contributed by atoms with Gasteiger partial charge in [0.2, 0.25) is 0 Å². The zero-order chi connectivity index (χ0) is 12.9. The van der Waals surface area contributed by atoms with Crippen LogP contribution in [-0.4, -0.2) is 61.8 Å². The molecule has 0 spiro atoms. The second kappa shape index (κ2) is 6.27. The van der Waals surface area contributed by atoms with E-state index in [1.54, 1.807) is 13.8 Å². The predicted molar refractivity (Wildman–Crippen MR) is 55.6 cm³/mol. The summed E-state index contributed by atoms with van der Waals surface area (Å²) in [4.78, 5) is 10.2. The largest absolute Gasteiger partial charge is 0.387 e. The molecule has 0 rings (SSSR count). The lowest BCUT2D eigenvalue weighted by atomic mass is 9.85. The number of rotatable bonds is 7. The Hall–Kier alpha value is -0.530. The Balaban J connectivity index is 4.71. The first-order chi connectivity index (χ1) is 7.33. The molecule has 0 aliphatic rings. The van der Waals surface area contributed by atoms with Crippen LogP contribution in [0.2, 0.25) is 0 Å². The lowest BCUT2D eigenvalue weighted by Crippen LogP contribution is -2.55. The number of aliphatic hydroxyl groups is 5. The lowest BCUT2D eigenvalue weighted by Gasteiger charge is -2.36. The Morgan fingerprint density at radius 1 is 1.06 bits per heavy atom. The molecule has 0 fully saturated rings. The summed E-state index contributed by atoms with van der Waals surface area (Å²) >= 11 is 0. The van der Waals surface area contributed by atoms with E-state index >= 15 is 0 Å². The number of carbonyl (C=O) groups is 1. The van der Waals surface area contributed by atoms with Crippen LogP contribution < -0.4 is 0 Å². The minimum absolute atomic E-state index is 0.0531. The summed E-state index contributed by atoms with van der Waals surface area (Å²) in [7, 11) is 0. The van der Waals surface area contributed by atoms with Gasteiger partial charge >= 0.3 is 0 Å². The maximum absolute atomic E-state index is 10.2. The third kappa shape index (κ3) is 3.23. The van der Waals surface area contributed by atoms with Gasteiger partial charge < -0.3 is 30.3 Å². The highest BCUT2D eigenvalue weighted by Crippen LogP contribution is 2.23. The number of carbonyl (C=O) groups excluding carboxylic acids is 1. The van der Waals surface area contributed by atoms with Crippen molar-refractivity contribution < 1.29 is 30.3 Å². The molecule has 96 valence electrons. The first-order valence-electron chi connectivity index (χ1n) is 5.24. The Bertz CT molecular complexity index is 215. The molecule has 4 atom stereocenters. The number of hydrogen-bond acceptors (Lipinski definition) is 6. The minimum atomic E-state index is -1.82. The average molecular weight is 236 g/mol. The van der Waals surface area contributed by atoms with Crippen molar-refractivity contribution in [3.05, 3.63) is 0 Å². The van der Waals surface area contributed by atoms with Gasteiger partial charge in [-0.3, -0.25) is 0 Å². The molecule has 0 aliphatic carbocycles. The Labute approximate surface area is 94.2 Å². The van der Waals surface area contributed by atoms with Crippen molar-refractivity contribution in [3.8, 4) is 0 Å². The number of hydrogen-bond donors (Lipinski definition) is 5. The quantitative estimate of drug-likeness (QED) is 0.332. The highest BCUT2D eigenvalue weighted by Gasteiger charge is 2.41. The summed E-state index contributed by atoms with van der Waals surface area (Å²) in [5.74, 6) is 0. The molecule has 0 heterocycles. The van der Waals surface area contributed by atoms with Crippen LogP contribution in [0.4, 0.5) is 0 Å². The molecular formula is C10H20O6. The fourth-order valence-corrected chi connectivity index (χ4v) is 1.46. The molecule has 0 saturated carbocycles. The smallest absolute Gasteiger partial charge is 0.151 e. The van der Waals surface area contributed by atoms with Crippen molar-refractivity contribution >= 4 is 6.29 Å². The van der Waals surface area contributed by atoms with Gasteiger partial charge in [0.25, 0.3) is 0 Å². The molecule has 5 N–H and O–H groups in total. The van der Waals surface area contributed by atoms with E-state index in [2.05, 4.69) is 0 Å². The lowest BCUT2D eigenvalue weighted by molar-refractivity contribution is -0.172. The number of aldehydes is 1. The fourth-order valence-electron chi connectivity index (χ4n) is 1.46. The molecule has 0 aromatic heterocycles. The monoisotopic (exact) mass is 236 g/mol. The highest BCUT2D eigenvalue weighted by molar-refractivity contribution is 5.56. The summed E-state index contributed by atoms with van der Waals surface area (Å²) in [6.45, 7) is 3.23. The Morgan fingerprint density at radius 2 is 1.50 bits per heavy atom. The van der Waals surface area contributed by atoms with Gasteiger partial charge in [-0.2, -0.15) is 0 Å². The Morgan fingerprint density at radius 3 is 1.81 bits per heavy atom. The van der Waals surface area contributed by atoms with E-state index in [1.165, 1.54) is 0 Å². The summed E-state index contributed by atoms with van der Waals surface area (Å²) < 4.78 is 0. The van der Waals surface area contributed by atoms with E-state index in [4.69, 9.17) is 5.11 Å². The van der Waals surface area contributed by atoms with Crippen molar-refractivity contribution in [2.45, 2.75) is 56.7 Å². The zero-order valence-electron chi connectivity index (χ0n) is 9.45. The van der Waals surface area contributed by atoms with Gasteiger partial charge in [-0.05, 0) is 12.8 Å². The summed E-state index contributed by atoms with van der Waals surface area (Å²) in [6.07, 6.45) is -6.63. The van der Waals surface area contributed by atoms with Crippen molar-refractivity contribution in [3.63, 3.8) is 0 Å². The van der Waals surface area contributed by atoms with Crippen molar-refractivity contribution in [1.82, 2.24) is 0 Å². The van der Waals surface area contributed by atoms with Crippen LogP contribution in [-0.2, 0) is 4.79 Å². The van der Waals surface area contributed by atoms with Gasteiger partial charge in [0.1, 0.15) is 24.4 Å². The van der Waals surface area contributed by atoms with Gasteiger partial charge in [0.15, 0.2) is 6.29 Å². The van der Waals surface area contributed by atoms with Crippen LogP contribution in [0.3, 0.4) is 0 Å². The molecule has 0 radical (unpaired) electrons. The SMILES string of the molecule is CCC(O)(CC)[C@@H](O)[C@@H](O)[C@H](O)[C@@H](O)C=O. The fraction of sp³-hybridized carbons (Fsp3) is 0.900. The first kappa shape index (κ1) is 15.5. The van der Waals surface area contributed by atoms with Crippen molar-refractivity contribution in [2.75, 3.05) is 0 Å². The van der Waals surface area contributed by atoms with Crippen LogP contribution in [0.1, 0.15) is 26.7 Å². The average Bonchev–Trinajstić information content (AvgIpc) is 2.33. The predicted octanol–water partition coefficient (Wildman–Crippen LogP) is -1.82. The molecule has 0 bridgehead atoms. The summed E-state index contributed by atoms with van der Waals surface area (Å²) in [5.41, 5.74) is -1.55. The van der Waals surface area contributed by atoms with Crippen LogP contribution in [0.15, 0.2) is 0 Å². The van der Waals surface area contributed by atoms with E-state index in [9.17, 15) is 25.2 Å². The van der Waals surface area contributed by atoms with E-state index < -0.39 is 30.0 Å². The second-order valence-corrected chi connectivity index (χ2v) is 3.86. The molecule has 0 aromatic carbocycles. The zero-order valence-corrected chi connectivity index (χ0v) is 9.45. The molecule has 0 aliphatic heterocycles. The maximum atomic E-state index is 10.2. The van der Waals surface area contributed by atoms with Crippen molar-refractivity contribution in [2.24, 2.45) is 0 Å². The third-order valence-electron chi connectivity index (χ3n) is 2.94. The van der Waals surface area contributed by atoms with E-state index in [-0.39, 0.29) is 19.1 Å². The molecule has 0 amide bonds. The van der Waals surface area contributed by atoms with E-state index in [1.807, 2.05) is 0 Å². The van der Waals surface area contributed by atoms with Crippen LogP contribution in [0.5, 0.6) is 0 Å². The highest BCUT2D eigenvalue weighted by atomic mass is 16.4. The second-order valence-electron chi connectivity index (χ2n) is 3.86. The molecular weight excluding hydrogens is 216 g/mol. The molecule has 0 aromatic rings. The molecule has 0 saturated heterocycles. The molecule has 16 heavy (non-hydrogen) atoms. The Kier molecular flexibility index (Phi) is 6.06. The van der Waals surface area contributed by atoms with Crippen LogP contribution in [0, 0.1) is 0 Å². The summed E-state index contributed by atoms with van der Waals surface area (Å²) in [6, 6.07) is 0. The van der Waals surface area contributed by atoms with Gasteiger partial charge in [-0.25, -0.2) is 0 Å². The first-order valence-corrected chi connectivity index (χ1v) is 5.24. The van der Waals surface area contributed by atoms with Gasteiger partial charge in [-0.15, -0.1) is 0 Å². The number of aliphatic hydroxyl groups excluding tert-OH is 4. The maximum Gasteiger partial charge on any atom is 0.151 e. The van der Waals surface area contributed by atoms with Gasteiger partial charge in [0.05, 0.1) is 5.60 Å². The van der Waals surface area contributed by atoms with Crippen LogP contribution >= 0.6 is 0 Å². The van der Waals surface area contributed by atoms with Gasteiger partial charge in [-0.1, -0.05) is 13.8 Å². The standard InChI is InChI=1S/C10H20O6/c1-3-10(16,4-2)9(15)8(14)7(13)6(12)5-11/h5-9,12-16H,3-4H2,1-2H3/t6-,7+,8-,9-/m0/s1. The van der Waals surface area contributed by atoms with Crippen LogP contribution in [0.25, 0.3) is 0 Å². The van der Waals surface area contributed by atoms with E-state index in [0.29, 0.717) is 0 Å². The normalized spacial score (nSPS) is 19.9. The molecule has 0 unspecified atom stereocenters. The van der Waals surface area contributed by atoms with Gasteiger partial charge in [0, 0.05) is 0 Å². The topological polar surface area (TPSA) is 118 Å².